The second-order valence-electron chi connectivity index (χ2n) is 6.09. The van der Waals surface area contributed by atoms with Crippen LogP contribution in [0.1, 0.15) is 0 Å². The van der Waals surface area contributed by atoms with Gasteiger partial charge in [0.1, 0.15) is 61.0 Å². The van der Waals surface area contributed by atoms with Crippen LogP contribution in [0.2, 0.25) is 0 Å². The fourth-order valence-electron chi connectivity index (χ4n) is 1.45. The zero-order chi connectivity index (χ0) is 26.0. The van der Waals surface area contributed by atoms with Crippen molar-refractivity contribution in [1.82, 2.24) is 0 Å². The van der Waals surface area contributed by atoms with Crippen molar-refractivity contribution < 1.29 is 80.8 Å². The molecule has 0 spiro atoms. The van der Waals surface area contributed by atoms with Crippen LogP contribution in [0.5, 0.6) is 0 Å². The molecule has 0 amide bonds. The summed E-state index contributed by atoms with van der Waals surface area (Å²) < 4.78 is 0. The molecule has 16 nitrogen and oxygen atoms in total. The van der Waals surface area contributed by atoms with Gasteiger partial charge in [0.2, 0.25) is 0 Å². The molecule has 0 aliphatic carbocycles. The van der Waals surface area contributed by atoms with Crippen LogP contribution in [0.3, 0.4) is 0 Å². The van der Waals surface area contributed by atoms with Crippen LogP contribution in [0.15, 0.2) is 0 Å². The molecule has 0 saturated carbocycles. The molecule has 0 rings (SSSR count). The van der Waals surface area contributed by atoms with Crippen LogP contribution >= 0.6 is 0 Å². The number of hydrogen-bond acceptors (Lipinski definition) is 16. The zero-order valence-corrected chi connectivity index (χ0v) is 16.7. The highest BCUT2D eigenvalue weighted by Gasteiger charge is 2.29. The molecule has 0 bridgehead atoms. The molecule has 10 unspecified atom stereocenters. The number of carbonyl (C=O) groups is 3. The van der Waals surface area contributed by atoms with Gasteiger partial charge in [0, 0.05) is 0 Å². The van der Waals surface area contributed by atoms with Gasteiger partial charge < -0.3 is 80.8 Å². The molecule has 32 heavy (non-hydrogen) atoms. The normalized spacial score (nSPS) is 20.2. The van der Waals surface area contributed by atoms with Crippen LogP contribution in [0, 0.1) is 0 Å². The Hall–Kier alpha value is -1.51. The minimum Gasteiger partial charge on any atom is -0.394 e. The first-order valence-corrected chi connectivity index (χ1v) is 8.80. The van der Waals surface area contributed by atoms with Gasteiger partial charge in [-0.3, -0.25) is 0 Å². The molecule has 10 atom stereocenters. The quantitative estimate of drug-likeness (QED) is 0.109. The van der Waals surface area contributed by atoms with Gasteiger partial charge in [0.15, 0.2) is 18.9 Å². The Morgan fingerprint density at radius 3 is 0.844 bits per heavy atom. The maximum atomic E-state index is 9.90. The number of hydrogen-bond donors (Lipinski definition) is 13. The average Bonchev–Trinajstić information content (AvgIpc) is 2.84. The molecular formula is C16H32O16. The first kappa shape index (κ1) is 35.1. The molecule has 16 heteroatoms. The summed E-state index contributed by atoms with van der Waals surface area (Å²) in [7, 11) is 0. The predicted molar refractivity (Wildman–Crippen MR) is 99.5 cm³/mol. The van der Waals surface area contributed by atoms with Crippen LogP contribution < -0.4 is 0 Å². The third-order valence-electron chi connectivity index (χ3n) is 3.56. The molecule has 0 aliphatic rings. The summed E-state index contributed by atoms with van der Waals surface area (Å²) in [6.45, 7) is -2.14. The van der Waals surface area contributed by atoms with Crippen LogP contribution in [-0.4, -0.2) is 166 Å². The lowest BCUT2D eigenvalue weighted by Gasteiger charge is -2.22. The van der Waals surface area contributed by atoms with Gasteiger partial charge >= 0.3 is 0 Å². The monoisotopic (exact) mass is 480 g/mol. The van der Waals surface area contributed by atoms with Crippen molar-refractivity contribution in [2.75, 3.05) is 19.8 Å². The minimum absolute atomic E-state index is 0.0258. The molecule has 13 N–H and O–H groups in total. The molecule has 0 radical (unpaired) electrons. The highest BCUT2D eigenvalue weighted by molar-refractivity contribution is 5.57. The molecule has 192 valence electrons. The van der Waals surface area contributed by atoms with Gasteiger partial charge in [-0.05, 0) is 0 Å². The topological polar surface area (TPSA) is 314 Å². The first-order chi connectivity index (χ1) is 14.8. The number of aliphatic hydroxyl groups is 13. The van der Waals surface area contributed by atoms with E-state index in [1.165, 1.54) is 0 Å². The van der Waals surface area contributed by atoms with Crippen molar-refractivity contribution in [2.24, 2.45) is 0 Å². The maximum Gasteiger partial charge on any atom is 0.151 e. The Kier molecular flexibility index (Phi) is 22.1. The molecule has 0 aliphatic heterocycles. The first-order valence-electron chi connectivity index (χ1n) is 8.80. The largest absolute Gasteiger partial charge is 0.394 e. The summed E-state index contributed by atoms with van der Waals surface area (Å²) in [6.07, 6.45) is -16.1. The molecule has 0 aromatic rings. The third kappa shape index (κ3) is 14.5. The zero-order valence-electron chi connectivity index (χ0n) is 16.7. The lowest BCUT2D eigenvalue weighted by molar-refractivity contribution is -0.136. The maximum absolute atomic E-state index is 9.90. The highest BCUT2D eigenvalue weighted by Crippen LogP contribution is 2.03. The van der Waals surface area contributed by atoms with Gasteiger partial charge in [0.05, 0.1) is 19.8 Å². The molecule has 0 heterocycles. The summed E-state index contributed by atoms with van der Waals surface area (Å²) in [4.78, 5) is 29.4. The predicted octanol–water partition coefficient (Wildman–Crippen LogP) is -8.86. The number of rotatable bonds is 13. The molecule has 0 aromatic heterocycles. The average molecular weight is 480 g/mol. The van der Waals surface area contributed by atoms with Crippen molar-refractivity contribution in [3.8, 4) is 0 Å². The molecular weight excluding hydrogens is 448 g/mol. The Morgan fingerprint density at radius 1 is 0.406 bits per heavy atom. The molecule has 0 saturated heterocycles. The van der Waals surface area contributed by atoms with Crippen molar-refractivity contribution in [1.29, 1.82) is 0 Å². The van der Waals surface area contributed by atoms with Gasteiger partial charge in [-0.2, -0.15) is 0 Å². The second-order valence-corrected chi connectivity index (χ2v) is 6.09. The van der Waals surface area contributed by atoms with Crippen LogP contribution in [-0.2, 0) is 14.4 Å². The van der Waals surface area contributed by atoms with Crippen LogP contribution in [0.4, 0.5) is 0 Å². The number of aldehydes is 3. The Labute approximate surface area is 181 Å². The SMILES string of the molecule is O=CC(O)C(O)C(O)C(O)CO.O=CC(O)C(O)C(O)CO.O=CC(O)C(O)C(O)CO. The van der Waals surface area contributed by atoms with E-state index < -0.39 is 80.9 Å². The van der Waals surface area contributed by atoms with Crippen LogP contribution in [0.25, 0.3) is 0 Å². The summed E-state index contributed by atoms with van der Waals surface area (Å²) in [5.74, 6) is 0. The van der Waals surface area contributed by atoms with E-state index in [0.717, 1.165) is 0 Å². The van der Waals surface area contributed by atoms with E-state index in [2.05, 4.69) is 0 Å². The summed E-state index contributed by atoms with van der Waals surface area (Å²) in [5, 5.41) is 112. The third-order valence-corrected chi connectivity index (χ3v) is 3.56. The van der Waals surface area contributed by atoms with E-state index in [1.807, 2.05) is 0 Å². The minimum atomic E-state index is -1.79. The lowest BCUT2D eigenvalue weighted by Crippen LogP contribution is -2.46. The smallest absolute Gasteiger partial charge is 0.151 e. The van der Waals surface area contributed by atoms with E-state index in [9.17, 15) is 14.4 Å². The summed E-state index contributed by atoms with van der Waals surface area (Å²) >= 11 is 0. The van der Waals surface area contributed by atoms with Crippen molar-refractivity contribution in [3.63, 3.8) is 0 Å². The van der Waals surface area contributed by atoms with Gasteiger partial charge in [0.25, 0.3) is 0 Å². The van der Waals surface area contributed by atoms with Gasteiger partial charge in [-0.25, -0.2) is 0 Å². The number of aliphatic hydroxyl groups excluding tert-OH is 13. The fourth-order valence-corrected chi connectivity index (χ4v) is 1.45. The van der Waals surface area contributed by atoms with E-state index in [-0.39, 0.29) is 18.9 Å². The van der Waals surface area contributed by atoms with E-state index >= 15 is 0 Å². The standard InChI is InChI=1S/C6H12O6.2C5H10O5/c7-1-3(9)5(11)6(12)4(10)2-8;2*6-1-3(8)5(10)4(9)2-7/h1,3-6,8-12H,2H2;2*1,3-5,7-10H,2H2. The van der Waals surface area contributed by atoms with Gasteiger partial charge in [-0.1, -0.05) is 0 Å². The molecule has 0 aromatic carbocycles. The molecule has 0 fully saturated rings. The highest BCUT2D eigenvalue weighted by atomic mass is 16.4. The summed E-state index contributed by atoms with van der Waals surface area (Å²) in [5.41, 5.74) is 0. The fraction of sp³-hybridized carbons (Fsp3) is 0.812. The van der Waals surface area contributed by atoms with E-state index in [1.54, 1.807) is 0 Å². The van der Waals surface area contributed by atoms with Crippen molar-refractivity contribution in [3.05, 3.63) is 0 Å². The second kappa shape index (κ2) is 20.1. The lowest BCUT2D eigenvalue weighted by atomic mass is 10.0. The van der Waals surface area contributed by atoms with Gasteiger partial charge in [-0.15, -0.1) is 0 Å². The van der Waals surface area contributed by atoms with E-state index in [4.69, 9.17) is 66.4 Å². The Balaban J connectivity index is -0.000000397. The summed E-state index contributed by atoms with van der Waals surface area (Å²) in [6, 6.07) is 0. The van der Waals surface area contributed by atoms with Crippen molar-refractivity contribution in [2.45, 2.75) is 61.0 Å². The Bertz CT molecular complexity index is 453. The van der Waals surface area contributed by atoms with Crippen molar-refractivity contribution >= 4 is 18.9 Å². The van der Waals surface area contributed by atoms with E-state index in [0.29, 0.717) is 0 Å². The number of carbonyl (C=O) groups excluding carboxylic acids is 3. The Morgan fingerprint density at radius 2 is 0.625 bits per heavy atom.